The number of fused-ring (bicyclic) bond motifs is 1. The van der Waals surface area contributed by atoms with Gasteiger partial charge in [0.25, 0.3) is 0 Å². The highest BCUT2D eigenvalue weighted by molar-refractivity contribution is 6.35. The maximum Gasteiger partial charge on any atom is 0.138 e. The lowest BCUT2D eigenvalue weighted by molar-refractivity contribution is 0.0343. The fraction of sp³-hybridized carbons (Fsp3) is 0.385. The molecule has 2 heterocycles. The standard InChI is InChI=1S/C13H12Cl2N2O/c1-13(18,7-2-3-7)10-6-17-12(15)9-5-16-11(14)4-8(9)10/h4-7,18H,2-3H2,1H3. The second-order valence-electron chi connectivity index (χ2n) is 4.94. The first-order chi connectivity index (χ1) is 8.50. The van der Waals surface area contributed by atoms with Crippen LogP contribution in [0.1, 0.15) is 25.3 Å². The minimum Gasteiger partial charge on any atom is -0.385 e. The van der Waals surface area contributed by atoms with E-state index in [1.807, 2.05) is 6.92 Å². The van der Waals surface area contributed by atoms with Crippen molar-refractivity contribution in [1.29, 1.82) is 0 Å². The van der Waals surface area contributed by atoms with Crippen molar-refractivity contribution in [3.63, 3.8) is 0 Å². The van der Waals surface area contributed by atoms with E-state index in [0.717, 1.165) is 29.2 Å². The summed E-state index contributed by atoms with van der Waals surface area (Å²) in [5.74, 6) is 0.288. The van der Waals surface area contributed by atoms with Gasteiger partial charge in [-0.25, -0.2) is 9.97 Å². The number of rotatable bonds is 2. The van der Waals surface area contributed by atoms with Gasteiger partial charge in [-0.2, -0.15) is 0 Å². The normalized spacial score (nSPS) is 18.9. The Hall–Kier alpha value is -0.900. The van der Waals surface area contributed by atoms with Crippen molar-refractivity contribution in [2.75, 3.05) is 0 Å². The number of hydrogen-bond donors (Lipinski definition) is 1. The van der Waals surface area contributed by atoms with Crippen LogP contribution in [-0.2, 0) is 5.60 Å². The lowest BCUT2D eigenvalue weighted by atomic mass is 9.89. The van der Waals surface area contributed by atoms with Crippen LogP contribution in [0.25, 0.3) is 10.8 Å². The Morgan fingerprint density at radius 2 is 1.94 bits per heavy atom. The van der Waals surface area contributed by atoms with Crippen LogP contribution in [0.4, 0.5) is 0 Å². The van der Waals surface area contributed by atoms with Crippen LogP contribution in [0.15, 0.2) is 18.5 Å². The Morgan fingerprint density at radius 1 is 1.22 bits per heavy atom. The first kappa shape index (κ1) is 12.2. The van der Waals surface area contributed by atoms with E-state index < -0.39 is 5.60 Å². The first-order valence-corrected chi connectivity index (χ1v) is 6.58. The molecule has 94 valence electrons. The molecule has 18 heavy (non-hydrogen) atoms. The summed E-state index contributed by atoms with van der Waals surface area (Å²) in [6.45, 7) is 1.82. The molecule has 1 fully saturated rings. The Balaban J connectivity index is 2.29. The number of aromatic nitrogens is 2. The predicted octanol–water partition coefficient (Wildman–Crippen LogP) is 3.55. The van der Waals surface area contributed by atoms with Gasteiger partial charge in [-0.05, 0) is 37.1 Å². The zero-order chi connectivity index (χ0) is 12.9. The van der Waals surface area contributed by atoms with E-state index in [0.29, 0.717) is 10.3 Å². The van der Waals surface area contributed by atoms with Gasteiger partial charge < -0.3 is 5.11 Å². The van der Waals surface area contributed by atoms with Crippen molar-refractivity contribution < 1.29 is 5.11 Å². The number of hydrogen-bond acceptors (Lipinski definition) is 3. The molecule has 0 saturated heterocycles. The number of pyridine rings is 2. The molecule has 0 bridgehead atoms. The van der Waals surface area contributed by atoms with Crippen molar-refractivity contribution in [2.24, 2.45) is 5.92 Å². The molecular formula is C13H12Cl2N2O. The van der Waals surface area contributed by atoms with Gasteiger partial charge >= 0.3 is 0 Å². The molecule has 0 spiro atoms. The Morgan fingerprint density at radius 3 is 2.61 bits per heavy atom. The molecule has 5 heteroatoms. The van der Waals surface area contributed by atoms with Crippen molar-refractivity contribution in [3.05, 3.63) is 34.3 Å². The molecule has 1 aliphatic carbocycles. The third-order valence-corrected chi connectivity index (χ3v) is 4.12. The highest BCUT2D eigenvalue weighted by Gasteiger charge is 2.42. The summed E-state index contributed by atoms with van der Waals surface area (Å²) in [5, 5.41) is 13.0. The molecule has 3 rings (SSSR count). The summed E-state index contributed by atoms with van der Waals surface area (Å²) in [4.78, 5) is 8.15. The second kappa shape index (κ2) is 4.05. The van der Waals surface area contributed by atoms with Crippen LogP contribution in [0.2, 0.25) is 10.3 Å². The predicted molar refractivity (Wildman–Crippen MR) is 71.9 cm³/mol. The molecule has 0 aliphatic heterocycles. The monoisotopic (exact) mass is 282 g/mol. The fourth-order valence-electron chi connectivity index (χ4n) is 2.35. The van der Waals surface area contributed by atoms with Crippen molar-refractivity contribution >= 4 is 34.0 Å². The Kier molecular flexibility index (Phi) is 2.73. The summed E-state index contributed by atoms with van der Waals surface area (Å²) >= 11 is 12.0. The molecule has 1 N–H and O–H groups in total. The summed E-state index contributed by atoms with van der Waals surface area (Å²) in [5.41, 5.74) is -0.116. The third kappa shape index (κ3) is 1.87. The Bertz CT molecular complexity index is 624. The lowest BCUT2D eigenvalue weighted by Gasteiger charge is -2.25. The van der Waals surface area contributed by atoms with E-state index in [-0.39, 0.29) is 5.92 Å². The molecule has 2 aromatic rings. The molecule has 0 aromatic carbocycles. The van der Waals surface area contributed by atoms with Gasteiger partial charge in [-0.15, -0.1) is 0 Å². The average Bonchev–Trinajstić information content (AvgIpc) is 3.12. The van der Waals surface area contributed by atoms with Crippen molar-refractivity contribution in [2.45, 2.75) is 25.4 Å². The average molecular weight is 283 g/mol. The highest BCUT2D eigenvalue weighted by Crippen LogP contribution is 2.47. The molecule has 0 radical (unpaired) electrons. The first-order valence-electron chi connectivity index (χ1n) is 5.83. The summed E-state index contributed by atoms with van der Waals surface area (Å²) in [6.07, 6.45) is 5.31. The van der Waals surface area contributed by atoms with Crippen LogP contribution in [-0.4, -0.2) is 15.1 Å². The van der Waals surface area contributed by atoms with Crippen molar-refractivity contribution in [3.8, 4) is 0 Å². The van der Waals surface area contributed by atoms with Crippen LogP contribution < -0.4 is 0 Å². The van der Waals surface area contributed by atoms with Crippen LogP contribution >= 0.6 is 23.2 Å². The van der Waals surface area contributed by atoms with Gasteiger partial charge in [-0.3, -0.25) is 0 Å². The molecule has 1 atom stereocenters. The van der Waals surface area contributed by atoms with E-state index in [9.17, 15) is 5.11 Å². The summed E-state index contributed by atoms with van der Waals surface area (Å²) in [7, 11) is 0. The number of halogens is 2. The van der Waals surface area contributed by atoms with Gasteiger partial charge in [0.1, 0.15) is 10.3 Å². The van der Waals surface area contributed by atoms with E-state index in [2.05, 4.69) is 9.97 Å². The largest absolute Gasteiger partial charge is 0.385 e. The molecule has 1 saturated carbocycles. The molecule has 1 unspecified atom stereocenters. The SMILES string of the molecule is CC(O)(c1cnc(Cl)c2cnc(Cl)cc12)C1CC1. The van der Waals surface area contributed by atoms with E-state index >= 15 is 0 Å². The number of nitrogens with zero attached hydrogens (tertiary/aromatic N) is 2. The minimum atomic E-state index is -0.888. The zero-order valence-corrected chi connectivity index (χ0v) is 11.3. The summed E-state index contributed by atoms with van der Waals surface area (Å²) < 4.78 is 0. The number of aliphatic hydroxyl groups is 1. The van der Waals surface area contributed by atoms with Crippen molar-refractivity contribution in [1.82, 2.24) is 9.97 Å². The van der Waals surface area contributed by atoms with E-state index in [1.165, 1.54) is 0 Å². The van der Waals surface area contributed by atoms with Crippen LogP contribution in [0.5, 0.6) is 0 Å². The molecular weight excluding hydrogens is 271 g/mol. The highest BCUT2D eigenvalue weighted by atomic mass is 35.5. The van der Waals surface area contributed by atoms with Gasteiger partial charge in [-0.1, -0.05) is 23.2 Å². The second-order valence-corrected chi connectivity index (χ2v) is 5.68. The maximum atomic E-state index is 10.7. The van der Waals surface area contributed by atoms with Gasteiger partial charge in [0.05, 0.1) is 5.60 Å². The Labute approximate surface area is 115 Å². The van der Waals surface area contributed by atoms with Gasteiger partial charge in [0.15, 0.2) is 0 Å². The van der Waals surface area contributed by atoms with E-state index in [4.69, 9.17) is 23.2 Å². The smallest absolute Gasteiger partial charge is 0.138 e. The molecule has 0 amide bonds. The topological polar surface area (TPSA) is 46.0 Å². The minimum absolute atomic E-state index is 0.288. The summed E-state index contributed by atoms with van der Waals surface area (Å²) in [6, 6.07) is 1.73. The van der Waals surface area contributed by atoms with Gasteiger partial charge in [0, 0.05) is 23.3 Å². The van der Waals surface area contributed by atoms with Crippen LogP contribution in [0.3, 0.4) is 0 Å². The molecule has 3 nitrogen and oxygen atoms in total. The quantitative estimate of drug-likeness (QED) is 0.857. The van der Waals surface area contributed by atoms with Gasteiger partial charge in [0.2, 0.25) is 0 Å². The zero-order valence-electron chi connectivity index (χ0n) is 9.82. The van der Waals surface area contributed by atoms with E-state index in [1.54, 1.807) is 18.5 Å². The lowest BCUT2D eigenvalue weighted by Crippen LogP contribution is -2.24. The van der Waals surface area contributed by atoms with Crippen LogP contribution in [0, 0.1) is 5.92 Å². The molecule has 2 aromatic heterocycles. The maximum absolute atomic E-state index is 10.7. The molecule has 1 aliphatic rings. The third-order valence-electron chi connectivity index (χ3n) is 3.61. The fourth-order valence-corrected chi connectivity index (χ4v) is 2.70.